The maximum Gasteiger partial charge on any atom is 0.244 e. The minimum Gasteiger partial charge on any atom is -0.495 e. The van der Waals surface area contributed by atoms with Crippen LogP contribution < -0.4 is 14.8 Å². The molecule has 0 spiro atoms. The Morgan fingerprint density at radius 3 is 2.80 bits per heavy atom. The normalized spacial score (nSPS) is 16.0. The molecule has 1 aliphatic rings. The monoisotopic (exact) mass is 365 g/mol. The molecule has 1 aromatic heterocycles. The summed E-state index contributed by atoms with van der Waals surface area (Å²) in [6, 6.07) is 6.76. The third kappa shape index (κ3) is 4.37. The fourth-order valence-electron chi connectivity index (χ4n) is 2.79. The molecule has 0 unspecified atom stereocenters. The average molecular weight is 365 g/mol. The summed E-state index contributed by atoms with van der Waals surface area (Å²) in [6.45, 7) is 4.78. The molecule has 136 valence electrons. The molecule has 1 fully saturated rings. The topological polar surface area (TPSA) is 88.5 Å². The zero-order valence-corrected chi connectivity index (χ0v) is 15.0. The number of piperazine rings is 1. The third-order valence-electron chi connectivity index (χ3n) is 4.14. The second-order valence-electron chi connectivity index (χ2n) is 5.78. The van der Waals surface area contributed by atoms with Crippen LogP contribution in [0.2, 0.25) is 0 Å². The molecule has 0 aliphatic carbocycles. The molecule has 0 saturated carbocycles. The molecule has 2 heterocycles. The number of sulfonamides is 1. The van der Waals surface area contributed by atoms with Crippen molar-refractivity contribution in [3.63, 3.8) is 0 Å². The van der Waals surface area contributed by atoms with Crippen molar-refractivity contribution in [1.29, 1.82) is 0 Å². The number of hydrogen-bond donors (Lipinski definition) is 2. The van der Waals surface area contributed by atoms with Crippen molar-refractivity contribution in [2.24, 2.45) is 0 Å². The van der Waals surface area contributed by atoms with Gasteiger partial charge in [0.2, 0.25) is 10.0 Å². The van der Waals surface area contributed by atoms with E-state index in [1.165, 1.54) is 7.11 Å². The highest BCUT2D eigenvalue weighted by Gasteiger charge is 2.21. The highest BCUT2D eigenvalue weighted by Crippen LogP contribution is 2.26. The summed E-state index contributed by atoms with van der Waals surface area (Å²) in [7, 11) is -2.21. The van der Waals surface area contributed by atoms with Crippen LogP contribution in [0.4, 0.5) is 0 Å². The van der Waals surface area contributed by atoms with Gasteiger partial charge in [-0.05, 0) is 24.3 Å². The van der Waals surface area contributed by atoms with Gasteiger partial charge in [0.1, 0.15) is 10.6 Å². The van der Waals surface area contributed by atoms with E-state index in [4.69, 9.17) is 4.74 Å². The second-order valence-corrected chi connectivity index (χ2v) is 7.51. The Labute approximate surface area is 147 Å². The van der Waals surface area contributed by atoms with E-state index in [-0.39, 0.29) is 4.90 Å². The molecule has 0 bridgehead atoms. The summed E-state index contributed by atoms with van der Waals surface area (Å²) in [5.41, 5.74) is 0.660. The summed E-state index contributed by atoms with van der Waals surface area (Å²) in [5, 5.41) is 7.41. The van der Waals surface area contributed by atoms with Gasteiger partial charge in [0.05, 0.1) is 12.8 Å². The minimum atomic E-state index is -3.68. The standard InChI is InChI=1S/C16H23N5O3S/c1-24-15-4-3-14(21-9-2-5-18-21)13-16(15)25(22,23)19-8-12-20-10-6-17-7-11-20/h2-5,9,13,17,19H,6-8,10-12H2,1H3. The van der Waals surface area contributed by atoms with Gasteiger partial charge in [-0.25, -0.2) is 17.8 Å². The van der Waals surface area contributed by atoms with E-state index in [1.54, 1.807) is 41.3 Å². The number of benzene rings is 1. The van der Waals surface area contributed by atoms with E-state index in [0.29, 0.717) is 24.5 Å². The Morgan fingerprint density at radius 1 is 1.32 bits per heavy atom. The summed E-state index contributed by atoms with van der Waals surface area (Å²) in [5.74, 6) is 0.311. The lowest BCUT2D eigenvalue weighted by atomic mass is 10.3. The second kappa shape index (κ2) is 7.96. The quantitative estimate of drug-likeness (QED) is 0.722. The lowest BCUT2D eigenvalue weighted by Gasteiger charge is -2.27. The van der Waals surface area contributed by atoms with Crippen LogP contribution >= 0.6 is 0 Å². The Balaban J connectivity index is 1.74. The van der Waals surface area contributed by atoms with Gasteiger partial charge in [-0.1, -0.05) is 0 Å². The van der Waals surface area contributed by atoms with E-state index in [2.05, 4.69) is 20.0 Å². The SMILES string of the molecule is COc1ccc(-n2cccn2)cc1S(=O)(=O)NCCN1CCNCC1. The van der Waals surface area contributed by atoms with Gasteiger partial charge in [0.25, 0.3) is 0 Å². The van der Waals surface area contributed by atoms with Crippen LogP contribution in [0.3, 0.4) is 0 Å². The molecule has 8 nitrogen and oxygen atoms in total. The van der Waals surface area contributed by atoms with Crippen molar-refractivity contribution in [3.05, 3.63) is 36.7 Å². The van der Waals surface area contributed by atoms with Crippen molar-refractivity contribution < 1.29 is 13.2 Å². The molecule has 1 aromatic carbocycles. The minimum absolute atomic E-state index is 0.114. The Bertz CT molecular complexity index is 786. The predicted octanol–water partition coefficient (Wildman–Crippen LogP) is 0.0644. The zero-order valence-electron chi connectivity index (χ0n) is 14.2. The van der Waals surface area contributed by atoms with E-state index in [1.807, 2.05) is 0 Å². The summed E-state index contributed by atoms with van der Waals surface area (Å²) < 4.78 is 35.0. The molecule has 2 aromatic rings. The summed E-state index contributed by atoms with van der Waals surface area (Å²) in [6.07, 6.45) is 3.40. The highest BCUT2D eigenvalue weighted by atomic mass is 32.2. The lowest BCUT2D eigenvalue weighted by molar-refractivity contribution is 0.245. The first-order valence-corrected chi connectivity index (χ1v) is 9.69. The Morgan fingerprint density at radius 2 is 2.12 bits per heavy atom. The summed E-state index contributed by atoms with van der Waals surface area (Å²) >= 11 is 0. The molecular weight excluding hydrogens is 342 g/mol. The van der Waals surface area contributed by atoms with Crippen LogP contribution in [0.25, 0.3) is 5.69 Å². The largest absolute Gasteiger partial charge is 0.495 e. The average Bonchev–Trinajstić information content (AvgIpc) is 3.16. The van der Waals surface area contributed by atoms with Crippen molar-refractivity contribution >= 4 is 10.0 Å². The fourth-order valence-corrected chi connectivity index (χ4v) is 4.00. The number of hydrogen-bond acceptors (Lipinski definition) is 6. The van der Waals surface area contributed by atoms with Crippen molar-refractivity contribution in [2.45, 2.75) is 4.90 Å². The molecule has 1 saturated heterocycles. The molecule has 0 radical (unpaired) electrons. The van der Waals surface area contributed by atoms with E-state index in [9.17, 15) is 8.42 Å². The third-order valence-corrected chi connectivity index (χ3v) is 5.62. The van der Waals surface area contributed by atoms with Gasteiger partial charge in [-0.15, -0.1) is 0 Å². The van der Waals surface area contributed by atoms with Gasteiger partial charge in [-0.2, -0.15) is 5.10 Å². The molecule has 25 heavy (non-hydrogen) atoms. The number of nitrogens with zero attached hydrogens (tertiary/aromatic N) is 3. The smallest absolute Gasteiger partial charge is 0.244 e. The van der Waals surface area contributed by atoms with Gasteiger partial charge in [0, 0.05) is 51.7 Å². The molecule has 1 aliphatic heterocycles. The molecule has 0 amide bonds. The van der Waals surface area contributed by atoms with Crippen LogP contribution in [0.15, 0.2) is 41.6 Å². The number of nitrogens with one attached hydrogen (secondary N) is 2. The van der Waals surface area contributed by atoms with Crippen LogP contribution in [-0.2, 0) is 10.0 Å². The van der Waals surface area contributed by atoms with Crippen molar-refractivity contribution in [2.75, 3.05) is 46.4 Å². The maximum absolute atomic E-state index is 12.7. The van der Waals surface area contributed by atoms with Gasteiger partial charge in [0.15, 0.2) is 0 Å². The molecule has 9 heteroatoms. The predicted molar refractivity (Wildman–Crippen MR) is 94.6 cm³/mol. The Kier molecular flexibility index (Phi) is 5.69. The van der Waals surface area contributed by atoms with Crippen molar-refractivity contribution in [3.8, 4) is 11.4 Å². The molecule has 0 atom stereocenters. The van der Waals surface area contributed by atoms with E-state index >= 15 is 0 Å². The molecular formula is C16H23N5O3S. The first-order chi connectivity index (χ1) is 12.1. The van der Waals surface area contributed by atoms with Crippen LogP contribution in [-0.4, -0.2) is 69.5 Å². The van der Waals surface area contributed by atoms with E-state index < -0.39 is 10.0 Å². The molecule has 3 rings (SSSR count). The maximum atomic E-state index is 12.7. The number of ether oxygens (including phenoxy) is 1. The fraction of sp³-hybridized carbons (Fsp3) is 0.438. The molecule has 2 N–H and O–H groups in total. The number of methoxy groups -OCH3 is 1. The zero-order chi connectivity index (χ0) is 17.7. The van der Waals surface area contributed by atoms with Gasteiger partial charge < -0.3 is 10.1 Å². The lowest BCUT2D eigenvalue weighted by Crippen LogP contribution is -2.46. The first kappa shape index (κ1) is 17.9. The summed E-state index contributed by atoms with van der Waals surface area (Å²) in [4.78, 5) is 2.35. The van der Waals surface area contributed by atoms with Crippen LogP contribution in [0.1, 0.15) is 0 Å². The van der Waals surface area contributed by atoms with Gasteiger partial charge in [-0.3, -0.25) is 4.90 Å². The van der Waals surface area contributed by atoms with Gasteiger partial charge >= 0.3 is 0 Å². The van der Waals surface area contributed by atoms with E-state index in [0.717, 1.165) is 26.2 Å². The number of rotatable bonds is 7. The Hall–Kier alpha value is -1.94. The van der Waals surface area contributed by atoms with Crippen molar-refractivity contribution in [1.82, 2.24) is 24.7 Å². The van der Waals surface area contributed by atoms with Crippen LogP contribution in [0, 0.1) is 0 Å². The van der Waals surface area contributed by atoms with Crippen LogP contribution in [0.5, 0.6) is 5.75 Å². The first-order valence-electron chi connectivity index (χ1n) is 8.21. The number of aromatic nitrogens is 2. The highest BCUT2D eigenvalue weighted by molar-refractivity contribution is 7.89.